The van der Waals surface area contributed by atoms with E-state index in [4.69, 9.17) is 7.80 Å². The molecular weight excluding hydrogens is 607 g/mol. The van der Waals surface area contributed by atoms with E-state index in [2.05, 4.69) is 25.5 Å². The Morgan fingerprint density at radius 1 is 1.30 bits per heavy atom. The number of halogens is 1. The third-order valence-corrected chi connectivity index (χ3v) is 7.86. The molecule has 4 heterocycles. The van der Waals surface area contributed by atoms with Crippen LogP contribution in [-0.4, -0.2) is 61.2 Å². The predicted octanol–water partition coefficient (Wildman–Crippen LogP) is 3.88. The van der Waals surface area contributed by atoms with E-state index in [-0.39, 0.29) is 17.5 Å². The number of pyridine rings is 1. The van der Waals surface area contributed by atoms with Gasteiger partial charge in [-0.25, -0.2) is 4.98 Å². The van der Waals surface area contributed by atoms with Crippen molar-refractivity contribution >= 4 is 62.7 Å². The van der Waals surface area contributed by atoms with Gasteiger partial charge < -0.3 is 23.3 Å². The fraction of sp³-hybridized carbons (Fsp3) is 0.360. The van der Waals surface area contributed by atoms with Gasteiger partial charge in [0.05, 0.1) is 30.7 Å². The van der Waals surface area contributed by atoms with Crippen LogP contribution in [0.15, 0.2) is 42.0 Å². The van der Waals surface area contributed by atoms with Crippen LogP contribution in [0.5, 0.6) is 5.75 Å². The smallest absolute Gasteiger partial charge is 0.275 e. The van der Waals surface area contributed by atoms with Gasteiger partial charge in [-0.05, 0) is 49.7 Å². The van der Waals surface area contributed by atoms with Crippen LogP contribution in [0, 0.1) is 0 Å². The molecule has 1 saturated heterocycles. The second kappa shape index (κ2) is 11.7. The van der Waals surface area contributed by atoms with Crippen molar-refractivity contribution in [2.75, 3.05) is 48.5 Å². The molecule has 0 spiro atoms. The average molecular weight is 634 g/mol. The van der Waals surface area contributed by atoms with Gasteiger partial charge in [0, 0.05) is 30.2 Å². The highest BCUT2D eigenvalue weighted by molar-refractivity contribution is 14.1. The molecule has 2 N–H and O–H groups in total. The van der Waals surface area contributed by atoms with Crippen LogP contribution in [-0.2, 0) is 9.61 Å². The third-order valence-electron chi connectivity index (χ3n) is 6.55. The number of aromatic nitrogens is 2. The van der Waals surface area contributed by atoms with Crippen molar-refractivity contribution in [2.45, 2.75) is 25.4 Å². The molecule has 37 heavy (non-hydrogen) atoms. The van der Waals surface area contributed by atoms with Crippen LogP contribution < -0.4 is 25.2 Å². The Morgan fingerprint density at radius 2 is 2.14 bits per heavy atom. The standard InChI is InChI=1S/C25H27IN6O4S/c1-31(17-4-7-27-8-5-17)22-6-9-28-13-20(22)29-23(33)21-15-37-25(30-21)32-14-16-2-3-18(35-10-11-36-26)12-19(16)24(32)34/h2-3,6,9,12-13,15,17,27H,4-5,7-8,10-11,14H2,1H3,(H,29,33). The zero-order valence-corrected chi connectivity index (χ0v) is 23.3. The lowest BCUT2D eigenvalue weighted by Gasteiger charge is -2.34. The van der Waals surface area contributed by atoms with Crippen LogP contribution in [0.2, 0.25) is 0 Å². The maximum Gasteiger partial charge on any atom is 0.275 e. The Kier molecular flexibility index (Phi) is 8.17. The number of thiazole rings is 1. The summed E-state index contributed by atoms with van der Waals surface area (Å²) in [5.41, 5.74) is 3.28. The fourth-order valence-electron chi connectivity index (χ4n) is 4.58. The van der Waals surface area contributed by atoms with Gasteiger partial charge in [-0.1, -0.05) is 6.07 Å². The highest BCUT2D eigenvalue weighted by atomic mass is 127. The first-order chi connectivity index (χ1) is 18.0. The summed E-state index contributed by atoms with van der Waals surface area (Å²) in [7, 11) is 2.05. The van der Waals surface area contributed by atoms with E-state index in [0.717, 1.165) is 37.2 Å². The van der Waals surface area contributed by atoms with Crippen molar-refractivity contribution in [3.05, 3.63) is 58.9 Å². The minimum absolute atomic E-state index is 0.162. The average Bonchev–Trinajstić information content (AvgIpc) is 3.54. The lowest BCUT2D eigenvalue weighted by molar-refractivity contribution is 0.0991. The maximum absolute atomic E-state index is 13.1. The number of ether oxygens (including phenoxy) is 1. The minimum atomic E-state index is -0.340. The van der Waals surface area contributed by atoms with E-state index >= 15 is 0 Å². The van der Waals surface area contributed by atoms with Crippen LogP contribution >= 0.6 is 34.3 Å². The van der Waals surface area contributed by atoms with Crippen molar-refractivity contribution in [1.82, 2.24) is 15.3 Å². The molecule has 0 atom stereocenters. The molecule has 1 aromatic carbocycles. The van der Waals surface area contributed by atoms with E-state index in [1.54, 1.807) is 28.7 Å². The molecule has 10 nitrogen and oxygen atoms in total. The van der Waals surface area contributed by atoms with Gasteiger partial charge in [0.25, 0.3) is 11.8 Å². The zero-order chi connectivity index (χ0) is 25.8. The Balaban J connectivity index is 1.27. The van der Waals surface area contributed by atoms with Gasteiger partial charge in [0.15, 0.2) is 5.13 Å². The van der Waals surface area contributed by atoms with Crippen LogP contribution in [0.4, 0.5) is 16.5 Å². The minimum Gasteiger partial charge on any atom is -0.491 e. The molecule has 0 unspecified atom stereocenters. The van der Waals surface area contributed by atoms with Gasteiger partial charge in [0.1, 0.15) is 41.1 Å². The summed E-state index contributed by atoms with van der Waals surface area (Å²) < 4.78 is 10.6. The summed E-state index contributed by atoms with van der Waals surface area (Å²) in [4.78, 5) is 38.7. The second-order valence-electron chi connectivity index (χ2n) is 8.83. The molecule has 3 aromatic rings. The molecule has 2 aliphatic rings. The van der Waals surface area contributed by atoms with Gasteiger partial charge >= 0.3 is 0 Å². The summed E-state index contributed by atoms with van der Waals surface area (Å²) in [6.07, 6.45) is 5.46. The number of piperidine rings is 1. The van der Waals surface area contributed by atoms with Crippen molar-refractivity contribution in [3.63, 3.8) is 0 Å². The lowest BCUT2D eigenvalue weighted by atomic mass is 10.0. The van der Waals surface area contributed by atoms with Gasteiger partial charge in [-0.3, -0.25) is 19.5 Å². The number of anilines is 3. The van der Waals surface area contributed by atoms with E-state index in [1.807, 2.05) is 48.3 Å². The first kappa shape index (κ1) is 25.8. The van der Waals surface area contributed by atoms with Crippen molar-refractivity contribution in [2.24, 2.45) is 0 Å². The number of nitrogens with one attached hydrogen (secondary N) is 2. The molecule has 2 aliphatic heterocycles. The van der Waals surface area contributed by atoms with E-state index in [1.165, 1.54) is 11.3 Å². The van der Waals surface area contributed by atoms with Crippen LogP contribution in [0.3, 0.4) is 0 Å². The number of fused-ring (bicyclic) bond motifs is 1. The number of amides is 2. The first-order valence-electron chi connectivity index (χ1n) is 12.0. The van der Waals surface area contributed by atoms with Gasteiger partial charge in [0.2, 0.25) is 0 Å². The first-order valence-corrected chi connectivity index (χ1v) is 13.8. The Bertz CT molecular complexity index is 1280. The largest absolute Gasteiger partial charge is 0.491 e. The summed E-state index contributed by atoms with van der Waals surface area (Å²) >= 11 is 3.08. The molecule has 12 heteroatoms. The van der Waals surface area contributed by atoms with E-state index in [9.17, 15) is 9.59 Å². The Morgan fingerprint density at radius 3 is 2.95 bits per heavy atom. The Labute approximate surface area is 233 Å². The normalized spacial score (nSPS) is 15.5. The number of benzene rings is 1. The highest BCUT2D eigenvalue weighted by Crippen LogP contribution is 2.33. The molecule has 194 valence electrons. The van der Waals surface area contributed by atoms with Crippen LogP contribution in [0.1, 0.15) is 39.3 Å². The van der Waals surface area contributed by atoms with Crippen molar-refractivity contribution in [1.29, 1.82) is 0 Å². The molecule has 1 fully saturated rings. The number of hydrogen-bond acceptors (Lipinski definition) is 9. The SMILES string of the molecule is CN(c1ccncc1NC(=O)c1csc(N2Cc3ccc(OCCOI)cc3C2=O)n1)C1CCNCC1. The topological polar surface area (TPSA) is 109 Å². The highest BCUT2D eigenvalue weighted by Gasteiger charge is 2.31. The molecule has 0 aliphatic carbocycles. The summed E-state index contributed by atoms with van der Waals surface area (Å²) in [6, 6.07) is 7.78. The number of nitrogens with zero attached hydrogens (tertiary/aromatic N) is 4. The fourth-order valence-corrected chi connectivity index (χ4v) is 5.56. The van der Waals surface area contributed by atoms with E-state index < -0.39 is 0 Å². The molecule has 0 saturated carbocycles. The molecule has 2 aromatic heterocycles. The third kappa shape index (κ3) is 5.71. The van der Waals surface area contributed by atoms with Gasteiger partial charge in [-0.15, -0.1) is 11.3 Å². The molecule has 5 rings (SSSR count). The number of hydrogen-bond donors (Lipinski definition) is 2. The number of rotatable bonds is 9. The molecular formula is C25H27IN6O4S. The predicted molar refractivity (Wildman–Crippen MR) is 151 cm³/mol. The van der Waals surface area contributed by atoms with Gasteiger partial charge in [-0.2, -0.15) is 0 Å². The van der Waals surface area contributed by atoms with Crippen molar-refractivity contribution in [3.8, 4) is 5.75 Å². The van der Waals surface area contributed by atoms with Crippen LogP contribution in [0.25, 0.3) is 0 Å². The molecule has 0 bridgehead atoms. The van der Waals surface area contributed by atoms with Crippen molar-refractivity contribution < 1.29 is 17.4 Å². The monoisotopic (exact) mass is 634 g/mol. The summed E-state index contributed by atoms with van der Waals surface area (Å²) in [6.45, 7) is 3.20. The number of carbonyl (C=O) groups excluding carboxylic acids is 2. The summed E-state index contributed by atoms with van der Waals surface area (Å²) in [5.74, 6) is 0.112. The molecule has 2 amide bonds. The zero-order valence-electron chi connectivity index (χ0n) is 20.3. The summed E-state index contributed by atoms with van der Waals surface area (Å²) in [5, 5.41) is 8.50. The second-order valence-corrected chi connectivity index (χ2v) is 10.3. The number of carbonyl (C=O) groups is 2. The lowest BCUT2D eigenvalue weighted by Crippen LogP contribution is -2.41. The van der Waals surface area contributed by atoms with E-state index in [0.29, 0.717) is 47.9 Å². The Hall–Kier alpha value is -2.81. The quantitative estimate of drug-likeness (QED) is 0.270. The molecule has 0 radical (unpaired) electrons. The maximum atomic E-state index is 13.1.